The molecule has 1 saturated heterocycles. The number of amides is 1. The van der Waals surface area contributed by atoms with Crippen LogP contribution in [0.25, 0.3) is 0 Å². The second kappa shape index (κ2) is 5.73. The summed E-state index contributed by atoms with van der Waals surface area (Å²) in [7, 11) is 0. The highest BCUT2D eigenvalue weighted by Crippen LogP contribution is 2.35. The summed E-state index contributed by atoms with van der Waals surface area (Å²) in [6, 6.07) is 5.45. The van der Waals surface area contributed by atoms with Crippen LogP contribution in [-0.4, -0.2) is 29.9 Å². The molecule has 0 aromatic heterocycles. The average molecular weight is 286 g/mol. The molecule has 110 valence electrons. The zero-order chi connectivity index (χ0) is 14.8. The fourth-order valence-electron chi connectivity index (χ4n) is 2.41. The number of nitrogens with zero attached hydrogens (tertiary/aromatic N) is 1. The average Bonchev–Trinajstić information content (AvgIpc) is 2.38. The monoisotopic (exact) mass is 286 g/mol. The van der Waals surface area contributed by atoms with Crippen LogP contribution < -0.4 is 5.32 Å². The van der Waals surface area contributed by atoms with E-state index in [1.807, 2.05) is 0 Å². The minimum atomic E-state index is -4.36. The van der Waals surface area contributed by atoms with Gasteiger partial charge in [-0.15, -0.1) is 0 Å². The van der Waals surface area contributed by atoms with Crippen molar-refractivity contribution < 1.29 is 18.0 Å². The molecule has 1 aliphatic heterocycles. The first-order valence-electron chi connectivity index (χ1n) is 6.56. The number of nitrogens with one attached hydrogen (secondary N) is 1. The third-order valence-corrected chi connectivity index (χ3v) is 3.53. The zero-order valence-electron chi connectivity index (χ0n) is 11.2. The van der Waals surface area contributed by atoms with E-state index in [1.165, 1.54) is 19.1 Å². The molecule has 0 saturated carbocycles. The van der Waals surface area contributed by atoms with Crippen LogP contribution in [0.4, 0.5) is 18.9 Å². The maximum atomic E-state index is 12.9. The molecular weight excluding hydrogens is 269 g/mol. The molecule has 1 aromatic rings. The number of halogens is 3. The molecule has 20 heavy (non-hydrogen) atoms. The van der Waals surface area contributed by atoms with Gasteiger partial charge in [0.15, 0.2) is 0 Å². The van der Waals surface area contributed by atoms with E-state index in [4.69, 9.17) is 0 Å². The van der Waals surface area contributed by atoms with Gasteiger partial charge in [0, 0.05) is 31.7 Å². The van der Waals surface area contributed by atoms with Gasteiger partial charge in [0.05, 0.1) is 5.56 Å². The number of alkyl halides is 3. The number of anilines is 1. The zero-order valence-corrected chi connectivity index (χ0v) is 11.2. The lowest BCUT2D eigenvalue weighted by molar-refractivity contribution is -0.137. The maximum Gasteiger partial charge on any atom is 0.418 e. The summed E-state index contributed by atoms with van der Waals surface area (Å²) in [6.07, 6.45) is -3.04. The van der Waals surface area contributed by atoms with E-state index in [1.54, 1.807) is 11.0 Å². The van der Waals surface area contributed by atoms with E-state index >= 15 is 0 Å². The van der Waals surface area contributed by atoms with E-state index in [2.05, 4.69) is 5.32 Å². The Bertz CT molecular complexity index is 480. The van der Waals surface area contributed by atoms with Crippen molar-refractivity contribution in [2.75, 3.05) is 18.4 Å². The fourth-order valence-corrected chi connectivity index (χ4v) is 2.41. The number of piperidine rings is 1. The molecule has 0 spiro atoms. The van der Waals surface area contributed by atoms with Crippen LogP contribution in [0, 0.1) is 0 Å². The van der Waals surface area contributed by atoms with Crippen LogP contribution >= 0.6 is 0 Å². The molecule has 1 amide bonds. The van der Waals surface area contributed by atoms with Gasteiger partial charge in [0.2, 0.25) is 5.91 Å². The summed E-state index contributed by atoms with van der Waals surface area (Å²) < 4.78 is 38.6. The first-order chi connectivity index (χ1) is 9.38. The molecule has 0 bridgehead atoms. The van der Waals surface area contributed by atoms with Crippen LogP contribution in [0.15, 0.2) is 24.3 Å². The van der Waals surface area contributed by atoms with Crippen molar-refractivity contribution in [3.63, 3.8) is 0 Å². The minimum Gasteiger partial charge on any atom is -0.382 e. The van der Waals surface area contributed by atoms with Crippen LogP contribution in [0.2, 0.25) is 0 Å². The van der Waals surface area contributed by atoms with Crippen LogP contribution in [0.1, 0.15) is 25.3 Å². The summed E-state index contributed by atoms with van der Waals surface area (Å²) in [5.74, 6) is 0.0131. The smallest absolute Gasteiger partial charge is 0.382 e. The molecule has 1 fully saturated rings. The fraction of sp³-hybridized carbons (Fsp3) is 0.500. The third-order valence-electron chi connectivity index (χ3n) is 3.53. The van der Waals surface area contributed by atoms with E-state index in [-0.39, 0.29) is 17.6 Å². The quantitative estimate of drug-likeness (QED) is 0.906. The first kappa shape index (κ1) is 14.7. The summed E-state index contributed by atoms with van der Waals surface area (Å²) >= 11 is 0. The molecular formula is C14H17F3N2O. The molecule has 0 atom stereocenters. The lowest BCUT2D eigenvalue weighted by atomic mass is 10.0. The number of para-hydroxylation sites is 1. The van der Waals surface area contributed by atoms with Crippen LogP contribution in [0.3, 0.4) is 0 Å². The summed E-state index contributed by atoms with van der Waals surface area (Å²) in [4.78, 5) is 12.9. The van der Waals surface area contributed by atoms with Crippen molar-refractivity contribution >= 4 is 11.6 Å². The highest BCUT2D eigenvalue weighted by Gasteiger charge is 2.33. The number of rotatable bonds is 2. The molecule has 1 heterocycles. The highest BCUT2D eigenvalue weighted by atomic mass is 19.4. The van der Waals surface area contributed by atoms with E-state index in [0.29, 0.717) is 25.9 Å². The van der Waals surface area contributed by atoms with Gasteiger partial charge < -0.3 is 10.2 Å². The standard InChI is InChI=1S/C14H17F3N2O/c1-10(20)19-8-6-11(7-9-19)18-13-5-3-2-4-12(13)14(15,16)17/h2-5,11,18H,6-9H2,1H3. The van der Waals surface area contributed by atoms with Gasteiger partial charge in [0.1, 0.15) is 0 Å². The second-order valence-corrected chi connectivity index (χ2v) is 4.97. The maximum absolute atomic E-state index is 12.9. The summed E-state index contributed by atoms with van der Waals surface area (Å²) in [5.41, 5.74) is -0.532. The Labute approximate surface area is 115 Å². The van der Waals surface area contributed by atoms with Crippen molar-refractivity contribution in [1.29, 1.82) is 0 Å². The SMILES string of the molecule is CC(=O)N1CCC(Nc2ccccc2C(F)(F)F)CC1. The molecule has 0 unspecified atom stereocenters. The number of likely N-dealkylation sites (tertiary alicyclic amines) is 1. The molecule has 3 nitrogen and oxygen atoms in total. The van der Waals surface area contributed by atoms with E-state index < -0.39 is 11.7 Å². The molecule has 0 aliphatic carbocycles. The number of benzene rings is 1. The number of hydrogen-bond acceptors (Lipinski definition) is 2. The lowest BCUT2D eigenvalue weighted by Gasteiger charge is -2.32. The number of hydrogen-bond donors (Lipinski definition) is 1. The molecule has 1 aromatic carbocycles. The number of carbonyl (C=O) groups is 1. The molecule has 2 rings (SSSR count). The summed E-state index contributed by atoms with van der Waals surface area (Å²) in [6.45, 7) is 2.68. The Kier molecular flexibility index (Phi) is 4.20. The van der Waals surface area contributed by atoms with Crippen LogP contribution in [0.5, 0.6) is 0 Å². The Balaban J connectivity index is 2.03. The first-order valence-corrected chi connectivity index (χ1v) is 6.56. The largest absolute Gasteiger partial charge is 0.418 e. The van der Waals surface area contributed by atoms with Gasteiger partial charge in [-0.05, 0) is 25.0 Å². The van der Waals surface area contributed by atoms with Crippen molar-refractivity contribution in [2.24, 2.45) is 0 Å². The van der Waals surface area contributed by atoms with Crippen molar-refractivity contribution in [1.82, 2.24) is 4.90 Å². The van der Waals surface area contributed by atoms with Gasteiger partial charge >= 0.3 is 6.18 Å². The third kappa shape index (κ3) is 3.43. The van der Waals surface area contributed by atoms with Gasteiger partial charge in [0.25, 0.3) is 0 Å². The predicted molar refractivity (Wildman–Crippen MR) is 70.3 cm³/mol. The Hall–Kier alpha value is -1.72. The van der Waals surface area contributed by atoms with Crippen molar-refractivity contribution in [2.45, 2.75) is 32.0 Å². The Morgan fingerprint density at radius 3 is 2.40 bits per heavy atom. The second-order valence-electron chi connectivity index (χ2n) is 4.97. The van der Waals surface area contributed by atoms with E-state index in [0.717, 1.165) is 6.07 Å². The van der Waals surface area contributed by atoms with E-state index in [9.17, 15) is 18.0 Å². The minimum absolute atomic E-state index is 0.0131. The summed E-state index contributed by atoms with van der Waals surface area (Å²) in [5, 5.41) is 2.96. The van der Waals surface area contributed by atoms with Crippen molar-refractivity contribution in [3.8, 4) is 0 Å². The topological polar surface area (TPSA) is 32.3 Å². The van der Waals surface area contributed by atoms with Crippen LogP contribution in [-0.2, 0) is 11.0 Å². The normalized spacial score (nSPS) is 17.1. The van der Waals surface area contributed by atoms with Gasteiger partial charge in [-0.2, -0.15) is 13.2 Å². The van der Waals surface area contributed by atoms with Gasteiger partial charge in [-0.25, -0.2) is 0 Å². The van der Waals surface area contributed by atoms with Crippen molar-refractivity contribution in [3.05, 3.63) is 29.8 Å². The Morgan fingerprint density at radius 2 is 1.85 bits per heavy atom. The number of carbonyl (C=O) groups excluding carboxylic acids is 1. The van der Waals surface area contributed by atoms with Gasteiger partial charge in [-0.3, -0.25) is 4.79 Å². The molecule has 1 N–H and O–H groups in total. The lowest BCUT2D eigenvalue weighted by Crippen LogP contribution is -2.41. The van der Waals surface area contributed by atoms with Gasteiger partial charge in [-0.1, -0.05) is 12.1 Å². The highest BCUT2D eigenvalue weighted by molar-refractivity contribution is 5.73. The molecule has 1 aliphatic rings. The molecule has 6 heteroatoms. The Morgan fingerprint density at radius 1 is 1.25 bits per heavy atom. The molecule has 0 radical (unpaired) electrons. The predicted octanol–water partition coefficient (Wildman–Crippen LogP) is 3.13.